The van der Waals surface area contributed by atoms with Crippen LogP contribution in [0.15, 0.2) is 0 Å². The number of nitriles is 2. The Kier molecular flexibility index (Phi) is 45.0. The number of rotatable bonds is 28. The summed E-state index contributed by atoms with van der Waals surface area (Å²) < 4.78 is 0. The van der Waals surface area contributed by atoms with Crippen molar-refractivity contribution in [2.24, 2.45) is 0 Å². The molecule has 2 radical (unpaired) electrons. The molecule has 0 saturated heterocycles. The predicted molar refractivity (Wildman–Crippen MR) is 178 cm³/mol. The molecule has 0 aliphatic carbocycles. The molecule has 0 spiro atoms. The van der Waals surface area contributed by atoms with E-state index in [1.807, 2.05) is 0 Å². The second-order valence-corrected chi connectivity index (χ2v) is 11.3. The fourth-order valence-corrected chi connectivity index (χ4v) is 4.86. The number of carbonyl (C=O) groups excluding carboxylic acids is 2. The van der Waals surface area contributed by atoms with Gasteiger partial charge in [-0.2, -0.15) is 10.5 Å². The first-order valence-electron chi connectivity index (χ1n) is 17.0. The molecule has 0 aromatic carbocycles. The number of unbranched alkanes of at least 4 members (excludes halogenated alkanes) is 24. The Morgan fingerprint density at radius 1 is 0.439 bits per heavy atom. The van der Waals surface area contributed by atoms with Crippen molar-refractivity contribution in [3.05, 3.63) is 0 Å². The normalized spacial score (nSPS) is 9.95. The van der Waals surface area contributed by atoms with E-state index in [0.717, 1.165) is 25.7 Å². The topological polar surface area (TPSA) is 106 Å². The van der Waals surface area contributed by atoms with Crippen molar-refractivity contribution >= 4 is 49.6 Å². The molecule has 2 amide bonds. The van der Waals surface area contributed by atoms with Crippen molar-refractivity contribution in [3.8, 4) is 12.4 Å². The van der Waals surface area contributed by atoms with Crippen LogP contribution < -0.4 is 10.6 Å². The second-order valence-electron chi connectivity index (χ2n) is 11.3. The standard InChI is InChI=1S/2C17H32N2O.Ca.2H2/c2*1-2-3-4-5-6-7-8-9-10-11-12-13-14-15-17(20)19-16-18;;;/h2*2-15H2,1H3,(H,19,20);;2*1H. The number of hydrogen-bond acceptors (Lipinski definition) is 4. The molecule has 0 unspecified atom stereocenters. The van der Waals surface area contributed by atoms with E-state index in [1.54, 1.807) is 12.4 Å². The summed E-state index contributed by atoms with van der Waals surface area (Å²) in [6.07, 6.45) is 38.2. The van der Waals surface area contributed by atoms with Crippen molar-refractivity contribution < 1.29 is 12.4 Å². The maximum atomic E-state index is 11.0. The van der Waals surface area contributed by atoms with Crippen LogP contribution in [0.1, 0.15) is 196 Å². The first-order chi connectivity index (χ1) is 19.6. The van der Waals surface area contributed by atoms with Gasteiger partial charge >= 0.3 is 0 Å². The molecule has 0 rings (SSSR count). The van der Waals surface area contributed by atoms with Crippen molar-refractivity contribution in [2.45, 2.75) is 194 Å². The van der Waals surface area contributed by atoms with Gasteiger partial charge in [-0.05, 0) is 12.8 Å². The van der Waals surface area contributed by atoms with Gasteiger partial charge in [-0.3, -0.25) is 20.2 Å². The van der Waals surface area contributed by atoms with Crippen LogP contribution in [0.25, 0.3) is 0 Å². The molecule has 0 aromatic heterocycles. The zero-order valence-corrected chi connectivity index (χ0v) is 29.4. The summed E-state index contributed by atoms with van der Waals surface area (Å²) >= 11 is 0. The SMILES string of the molecule is CCCCCCCCCCCCCCCC(=O)NC#N.CCCCCCCCCCCCCCCC(=O)NC#N.[Ca].[HH].[HH]. The molecule has 0 bridgehead atoms. The predicted octanol–water partition coefficient (Wildman–Crippen LogP) is 10.2. The molecule has 7 heteroatoms. The van der Waals surface area contributed by atoms with Gasteiger partial charge in [0.1, 0.15) is 0 Å². The minimum atomic E-state index is -0.143. The van der Waals surface area contributed by atoms with E-state index in [2.05, 4.69) is 24.5 Å². The minimum Gasteiger partial charge on any atom is -0.274 e. The Morgan fingerprint density at radius 3 is 0.829 bits per heavy atom. The van der Waals surface area contributed by atoms with E-state index >= 15 is 0 Å². The third-order valence-electron chi connectivity index (χ3n) is 7.41. The zero-order chi connectivity index (χ0) is 29.8. The van der Waals surface area contributed by atoms with Crippen molar-refractivity contribution in [1.29, 1.82) is 10.5 Å². The summed E-state index contributed by atoms with van der Waals surface area (Å²) in [6, 6.07) is 0. The molecular formula is C34H68CaN4O2. The van der Waals surface area contributed by atoms with Crippen molar-refractivity contribution in [3.63, 3.8) is 0 Å². The Labute approximate surface area is 287 Å². The summed E-state index contributed by atoms with van der Waals surface area (Å²) in [4.78, 5) is 22.0. The second kappa shape index (κ2) is 41.3. The van der Waals surface area contributed by atoms with Crippen LogP contribution in [-0.2, 0) is 9.59 Å². The van der Waals surface area contributed by atoms with Gasteiger partial charge in [-0.25, -0.2) is 0 Å². The largest absolute Gasteiger partial charge is 0.274 e. The Hall–Kier alpha value is -0.820. The van der Waals surface area contributed by atoms with Gasteiger partial charge in [-0.15, -0.1) is 0 Å². The molecule has 0 saturated carbocycles. The van der Waals surface area contributed by atoms with Crippen LogP contribution in [0.4, 0.5) is 0 Å². The third-order valence-corrected chi connectivity index (χ3v) is 7.41. The maximum Gasteiger partial charge on any atom is 0.232 e. The molecule has 6 nitrogen and oxygen atoms in total. The maximum absolute atomic E-state index is 11.0. The van der Waals surface area contributed by atoms with Gasteiger partial charge in [0.15, 0.2) is 12.4 Å². The molecule has 238 valence electrons. The summed E-state index contributed by atoms with van der Waals surface area (Å²) in [7, 11) is 0. The van der Waals surface area contributed by atoms with E-state index < -0.39 is 0 Å². The summed E-state index contributed by atoms with van der Waals surface area (Å²) in [6.45, 7) is 4.52. The van der Waals surface area contributed by atoms with Gasteiger partial charge < -0.3 is 0 Å². The van der Waals surface area contributed by atoms with Gasteiger partial charge in [0.2, 0.25) is 11.8 Å². The fraction of sp³-hybridized carbons (Fsp3) is 0.882. The molecular weight excluding hydrogens is 536 g/mol. The third kappa shape index (κ3) is 43.8. The van der Waals surface area contributed by atoms with E-state index in [9.17, 15) is 9.59 Å². The van der Waals surface area contributed by atoms with Gasteiger partial charge in [0.25, 0.3) is 0 Å². The zero-order valence-electron chi connectivity index (χ0n) is 27.2. The molecule has 0 fully saturated rings. The van der Waals surface area contributed by atoms with Crippen molar-refractivity contribution in [2.75, 3.05) is 0 Å². The molecule has 0 aromatic rings. The van der Waals surface area contributed by atoms with Crippen LogP contribution in [-0.4, -0.2) is 49.6 Å². The Morgan fingerprint density at radius 2 is 0.634 bits per heavy atom. The molecule has 0 heterocycles. The first-order valence-corrected chi connectivity index (χ1v) is 17.0. The average Bonchev–Trinajstić information content (AvgIpc) is 2.94. The molecule has 0 atom stereocenters. The summed E-state index contributed by atoms with van der Waals surface area (Å²) in [5.41, 5.74) is 0. The van der Waals surface area contributed by atoms with Gasteiger partial charge in [0.05, 0.1) is 0 Å². The van der Waals surface area contributed by atoms with E-state index in [-0.39, 0.29) is 52.4 Å². The van der Waals surface area contributed by atoms with E-state index in [4.69, 9.17) is 10.5 Å². The number of nitrogens with zero attached hydrogens (tertiary/aromatic N) is 2. The molecule has 0 aliphatic rings. The van der Waals surface area contributed by atoms with Crippen LogP contribution in [0.3, 0.4) is 0 Å². The molecule has 0 aliphatic heterocycles. The Balaban J connectivity index is -0.000000209. The van der Waals surface area contributed by atoms with E-state index in [1.165, 1.54) is 141 Å². The minimum absolute atomic E-state index is 0. The van der Waals surface area contributed by atoms with Gasteiger partial charge in [-0.1, -0.05) is 168 Å². The van der Waals surface area contributed by atoms with Crippen molar-refractivity contribution in [1.82, 2.24) is 10.6 Å². The Bertz CT molecular complexity index is 589. The number of carbonyl (C=O) groups is 2. The van der Waals surface area contributed by atoms with Crippen LogP contribution in [0, 0.1) is 22.9 Å². The quantitative estimate of drug-likeness (QED) is 0.0401. The number of amides is 2. The average molecular weight is 605 g/mol. The van der Waals surface area contributed by atoms with Crippen LogP contribution >= 0.6 is 0 Å². The van der Waals surface area contributed by atoms with Gasteiger partial charge in [0, 0.05) is 53.4 Å². The molecule has 2 N–H and O–H groups in total. The van der Waals surface area contributed by atoms with E-state index in [0.29, 0.717) is 12.8 Å². The summed E-state index contributed by atoms with van der Waals surface area (Å²) in [5.74, 6) is -0.286. The first kappa shape index (κ1) is 44.6. The summed E-state index contributed by atoms with van der Waals surface area (Å²) in [5, 5.41) is 20.8. The monoisotopic (exact) mass is 604 g/mol. The fourth-order valence-electron chi connectivity index (χ4n) is 4.86. The molecule has 41 heavy (non-hydrogen) atoms. The van der Waals surface area contributed by atoms with Crippen LogP contribution in [0.2, 0.25) is 0 Å². The van der Waals surface area contributed by atoms with Crippen LogP contribution in [0.5, 0.6) is 0 Å². The number of hydrogen-bond donors (Lipinski definition) is 2. The smallest absolute Gasteiger partial charge is 0.232 e. The number of nitrogens with one attached hydrogen (secondary N) is 2.